The molecule has 1 aromatic heterocycles. The van der Waals surface area contributed by atoms with Crippen molar-refractivity contribution in [2.24, 2.45) is 0 Å². The fourth-order valence-electron chi connectivity index (χ4n) is 2.08. The normalized spacial score (nSPS) is 11.8. The van der Waals surface area contributed by atoms with E-state index in [2.05, 4.69) is 20.8 Å². The molecule has 1 amide bonds. The topological polar surface area (TPSA) is 119 Å². The summed E-state index contributed by atoms with van der Waals surface area (Å²) in [5, 5.41) is 23.0. The third kappa shape index (κ3) is 5.42. The van der Waals surface area contributed by atoms with Gasteiger partial charge in [-0.2, -0.15) is 0 Å². The van der Waals surface area contributed by atoms with E-state index in [1.165, 1.54) is 4.68 Å². The molecule has 1 atom stereocenters. The van der Waals surface area contributed by atoms with E-state index >= 15 is 0 Å². The summed E-state index contributed by atoms with van der Waals surface area (Å²) in [5.41, 5.74) is 0. The molecule has 134 valence electrons. The number of nitrogens with one attached hydrogen (secondary N) is 1. The molecule has 0 aliphatic rings. The monoisotopic (exact) mass is 367 g/mol. The molecule has 0 fully saturated rings. The van der Waals surface area contributed by atoms with Crippen molar-refractivity contribution in [3.05, 3.63) is 35.1 Å². The Bertz CT molecular complexity index is 736. The molecule has 0 aliphatic carbocycles. The summed E-state index contributed by atoms with van der Waals surface area (Å²) in [6.07, 6.45) is 0.984. The lowest BCUT2D eigenvalue weighted by Gasteiger charge is -2.13. The van der Waals surface area contributed by atoms with Crippen molar-refractivity contribution in [3.63, 3.8) is 0 Å². The molecule has 2 rings (SSSR count). The number of hydrogen-bond donors (Lipinski definition) is 2. The highest BCUT2D eigenvalue weighted by Gasteiger charge is 2.20. The third-order valence-corrected chi connectivity index (χ3v) is 3.62. The number of carbonyl (C=O) groups is 2. The second-order valence-corrected chi connectivity index (χ2v) is 5.63. The maximum Gasteiger partial charge on any atom is 0.326 e. The first-order valence-electron chi connectivity index (χ1n) is 7.65. The minimum Gasteiger partial charge on any atom is -0.484 e. The summed E-state index contributed by atoms with van der Waals surface area (Å²) in [6.45, 7) is 1.65. The van der Waals surface area contributed by atoms with Crippen LogP contribution in [0.15, 0.2) is 24.3 Å². The number of ether oxygens (including phenoxy) is 1. The van der Waals surface area contributed by atoms with E-state index in [-0.39, 0.29) is 13.2 Å². The molecule has 9 nitrogen and oxygen atoms in total. The van der Waals surface area contributed by atoms with Gasteiger partial charge in [0.15, 0.2) is 5.82 Å². The van der Waals surface area contributed by atoms with Crippen LogP contribution >= 0.6 is 11.6 Å². The highest BCUT2D eigenvalue weighted by atomic mass is 35.5. The zero-order valence-corrected chi connectivity index (χ0v) is 14.3. The largest absolute Gasteiger partial charge is 0.484 e. The van der Waals surface area contributed by atoms with E-state index in [0.717, 1.165) is 0 Å². The van der Waals surface area contributed by atoms with Crippen LogP contribution in [0.25, 0.3) is 0 Å². The number of aromatic nitrogens is 4. The molecule has 0 bridgehead atoms. The average Bonchev–Trinajstić information content (AvgIpc) is 3.00. The van der Waals surface area contributed by atoms with Crippen LogP contribution in [0.5, 0.6) is 5.75 Å². The van der Waals surface area contributed by atoms with Crippen LogP contribution in [0, 0.1) is 0 Å². The van der Waals surface area contributed by atoms with Crippen molar-refractivity contribution in [2.45, 2.75) is 39.0 Å². The first kappa shape index (κ1) is 18.7. The number of carboxylic acids is 1. The lowest BCUT2D eigenvalue weighted by molar-refractivity contribution is -0.142. The van der Waals surface area contributed by atoms with E-state index in [4.69, 9.17) is 21.4 Å². The molecule has 0 saturated carbocycles. The molecule has 25 heavy (non-hydrogen) atoms. The number of carbonyl (C=O) groups excluding carboxylic acids is 1. The Morgan fingerprint density at radius 2 is 2.16 bits per heavy atom. The molecule has 1 unspecified atom stereocenters. The SMILES string of the molecule is CCCC(NC(=O)Cn1nnnc1COc1ccccc1Cl)C(=O)O. The highest BCUT2D eigenvalue weighted by Crippen LogP contribution is 2.23. The van der Waals surface area contributed by atoms with Gasteiger partial charge in [0.1, 0.15) is 24.9 Å². The van der Waals surface area contributed by atoms with Crippen LogP contribution in [0.3, 0.4) is 0 Å². The number of amides is 1. The number of tetrazole rings is 1. The smallest absolute Gasteiger partial charge is 0.326 e. The fourth-order valence-corrected chi connectivity index (χ4v) is 2.27. The minimum atomic E-state index is -1.07. The van der Waals surface area contributed by atoms with Crippen molar-refractivity contribution in [1.29, 1.82) is 0 Å². The van der Waals surface area contributed by atoms with Crippen LogP contribution in [0.4, 0.5) is 0 Å². The zero-order chi connectivity index (χ0) is 18.2. The number of carboxylic acid groups (broad SMARTS) is 1. The van der Waals surface area contributed by atoms with Crippen molar-refractivity contribution in [2.75, 3.05) is 0 Å². The predicted octanol–water partition coefficient (Wildman–Crippen LogP) is 1.27. The lowest BCUT2D eigenvalue weighted by Crippen LogP contribution is -2.42. The van der Waals surface area contributed by atoms with Gasteiger partial charge < -0.3 is 15.2 Å². The van der Waals surface area contributed by atoms with E-state index < -0.39 is 17.9 Å². The van der Waals surface area contributed by atoms with E-state index in [0.29, 0.717) is 29.4 Å². The number of hydrogen-bond acceptors (Lipinski definition) is 6. The van der Waals surface area contributed by atoms with Gasteiger partial charge in [0.05, 0.1) is 5.02 Å². The van der Waals surface area contributed by atoms with Gasteiger partial charge in [-0.1, -0.05) is 37.1 Å². The second-order valence-electron chi connectivity index (χ2n) is 5.22. The van der Waals surface area contributed by atoms with Gasteiger partial charge in [0.25, 0.3) is 0 Å². The summed E-state index contributed by atoms with van der Waals surface area (Å²) in [5.74, 6) is -0.782. The third-order valence-electron chi connectivity index (χ3n) is 3.30. The molecule has 0 aliphatic heterocycles. The Morgan fingerprint density at radius 3 is 2.84 bits per heavy atom. The number of halogens is 1. The molecule has 0 spiro atoms. The van der Waals surface area contributed by atoms with Gasteiger partial charge in [0.2, 0.25) is 5.91 Å². The molecular formula is C15H18ClN5O4. The Morgan fingerprint density at radius 1 is 1.40 bits per heavy atom. The van der Waals surface area contributed by atoms with Crippen molar-refractivity contribution >= 4 is 23.5 Å². The minimum absolute atomic E-state index is 0.0152. The lowest BCUT2D eigenvalue weighted by atomic mass is 10.1. The molecule has 2 aromatic rings. The van der Waals surface area contributed by atoms with E-state index in [9.17, 15) is 9.59 Å². The molecular weight excluding hydrogens is 350 g/mol. The summed E-state index contributed by atoms with van der Waals surface area (Å²) in [6, 6.07) is 6.01. The standard InChI is InChI=1S/C15H18ClN5O4/c1-2-5-11(15(23)24)17-14(22)8-21-13(18-19-20-21)9-25-12-7-4-3-6-10(12)16/h3-4,6-7,11H,2,5,8-9H2,1H3,(H,17,22)(H,23,24). The predicted molar refractivity (Wildman–Crippen MR) is 88.1 cm³/mol. The Labute approximate surface area is 148 Å². The Hall–Kier alpha value is -2.68. The summed E-state index contributed by atoms with van der Waals surface area (Å²) >= 11 is 6.00. The van der Waals surface area contributed by atoms with Gasteiger partial charge in [0, 0.05) is 0 Å². The van der Waals surface area contributed by atoms with Crippen LogP contribution in [0.1, 0.15) is 25.6 Å². The van der Waals surface area contributed by atoms with Crippen LogP contribution in [-0.4, -0.2) is 43.2 Å². The highest BCUT2D eigenvalue weighted by molar-refractivity contribution is 6.32. The average molecular weight is 368 g/mol. The van der Waals surface area contributed by atoms with Crippen LogP contribution in [-0.2, 0) is 22.7 Å². The number of nitrogens with zero attached hydrogens (tertiary/aromatic N) is 4. The van der Waals surface area contributed by atoms with Gasteiger partial charge >= 0.3 is 5.97 Å². The second kappa shape index (κ2) is 8.97. The van der Waals surface area contributed by atoms with Gasteiger partial charge in [-0.15, -0.1) is 5.10 Å². The van der Waals surface area contributed by atoms with Crippen LogP contribution < -0.4 is 10.1 Å². The van der Waals surface area contributed by atoms with Crippen LogP contribution in [0.2, 0.25) is 5.02 Å². The van der Waals surface area contributed by atoms with E-state index in [1.54, 1.807) is 24.3 Å². The summed E-state index contributed by atoms with van der Waals surface area (Å²) in [4.78, 5) is 23.1. The molecule has 0 saturated heterocycles. The molecule has 10 heteroatoms. The quantitative estimate of drug-likeness (QED) is 0.684. The molecule has 1 aromatic carbocycles. The van der Waals surface area contributed by atoms with Gasteiger partial charge in [-0.3, -0.25) is 4.79 Å². The first-order chi connectivity index (χ1) is 12.0. The van der Waals surface area contributed by atoms with Crippen molar-refractivity contribution in [3.8, 4) is 5.75 Å². The van der Waals surface area contributed by atoms with Gasteiger partial charge in [-0.25, -0.2) is 9.48 Å². The summed E-state index contributed by atoms with van der Waals surface area (Å²) in [7, 11) is 0. The van der Waals surface area contributed by atoms with E-state index in [1.807, 2.05) is 6.92 Å². The maximum absolute atomic E-state index is 12.0. The molecule has 2 N–H and O–H groups in total. The van der Waals surface area contributed by atoms with Crippen molar-refractivity contribution < 1.29 is 19.4 Å². The number of para-hydroxylation sites is 1. The Kier molecular flexibility index (Phi) is 6.70. The van der Waals surface area contributed by atoms with Crippen molar-refractivity contribution in [1.82, 2.24) is 25.5 Å². The Balaban J connectivity index is 1.95. The molecule has 0 radical (unpaired) electrons. The summed E-state index contributed by atoms with van der Waals surface area (Å²) < 4.78 is 6.79. The van der Waals surface area contributed by atoms with Gasteiger partial charge in [-0.05, 0) is 29.0 Å². The number of benzene rings is 1. The maximum atomic E-state index is 12.0. The first-order valence-corrected chi connectivity index (χ1v) is 8.03. The fraction of sp³-hybridized carbons (Fsp3) is 0.400. The molecule has 1 heterocycles. The number of aliphatic carboxylic acids is 1. The number of rotatable bonds is 9. The zero-order valence-electron chi connectivity index (χ0n) is 13.6.